The Bertz CT molecular complexity index is 66.6. The molecule has 0 aromatic heterocycles. The molecule has 0 aliphatic carbocycles. The fourth-order valence-electron chi connectivity index (χ4n) is 0.277. The Kier molecular flexibility index (Phi) is 11.0. The maximum absolute atomic E-state index is 10.2. The van der Waals surface area contributed by atoms with Crippen LogP contribution in [0.4, 0.5) is 4.79 Å². The quantitative estimate of drug-likeness (QED) is 0.416. The maximum atomic E-state index is 10.2. The van der Waals surface area contributed by atoms with Gasteiger partial charge in [-0.15, -0.1) is 0 Å². The fourth-order valence-corrected chi connectivity index (χ4v) is 0.277. The van der Waals surface area contributed by atoms with Crippen LogP contribution in [0.2, 0.25) is 0 Å². The van der Waals surface area contributed by atoms with Gasteiger partial charge in [-0.3, -0.25) is 0 Å². The van der Waals surface area contributed by atoms with Crippen molar-refractivity contribution in [3.8, 4) is 0 Å². The van der Waals surface area contributed by atoms with Crippen LogP contribution in [-0.4, -0.2) is 48.9 Å². The summed E-state index contributed by atoms with van der Waals surface area (Å²) in [7, 11) is 0. The van der Waals surface area contributed by atoms with Crippen molar-refractivity contribution < 1.29 is 14.3 Å². The summed E-state index contributed by atoms with van der Waals surface area (Å²) >= 11 is 0. The second-order valence-electron chi connectivity index (χ2n) is 1.12. The summed E-state index contributed by atoms with van der Waals surface area (Å²) in [6.45, 7) is 4.21. The first-order valence-corrected chi connectivity index (χ1v) is 2.60. The molecule has 0 aromatic carbocycles. The van der Waals surface area contributed by atoms with E-state index in [1.807, 2.05) is 0 Å². The van der Waals surface area contributed by atoms with Gasteiger partial charge in [0.05, 0.1) is 13.2 Å². The van der Waals surface area contributed by atoms with E-state index in [0.29, 0.717) is 13.2 Å². The molecular weight excluding hydrogens is 131 g/mol. The average molecular weight is 142 g/mol. The number of carbonyl (C=O) groups excluding carboxylic acids is 1. The van der Waals surface area contributed by atoms with E-state index < -0.39 is 6.16 Å². The monoisotopic (exact) mass is 142 g/mol. The van der Waals surface area contributed by atoms with Gasteiger partial charge in [-0.05, 0) is 13.8 Å². The SMILES string of the molecule is CCOC(=O)OCC.[NaH]. The molecule has 0 saturated heterocycles. The molecule has 50 valence electrons. The average Bonchev–Trinajstić information content (AvgIpc) is 1.68. The molecular formula is C5H11NaO3. The first-order chi connectivity index (χ1) is 3.81. The zero-order valence-electron chi connectivity index (χ0n) is 5.14. The van der Waals surface area contributed by atoms with Gasteiger partial charge in [-0.25, -0.2) is 4.79 Å². The second kappa shape index (κ2) is 8.27. The Morgan fingerprint density at radius 2 is 1.56 bits per heavy atom. The van der Waals surface area contributed by atoms with Gasteiger partial charge in [0.15, 0.2) is 0 Å². The van der Waals surface area contributed by atoms with Gasteiger partial charge in [0.25, 0.3) is 0 Å². The third-order valence-electron chi connectivity index (χ3n) is 0.524. The fraction of sp³-hybridized carbons (Fsp3) is 0.800. The number of hydrogen-bond acceptors (Lipinski definition) is 3. The predicted molar refractivity (Wildman–Crippen MR) is 35.8 cm³/mol. The van der Waals surface area contributed by atoms with Crippen molar-refractivity contribution in [2.75, 3.05) is 13.2 Å². The van der Waals surface area contributed by atoms with Crippen LogP contribution in [0.3, 0.4) is 0 Å². The number of hydrogen-bond donors (Lipinski definition) is 0. The second-order valence-corrected chi connectivity index (χ2v) is 1.12. The molecule has 0 aliphatic heterocycles. The van der Waals surface area contributed by atoms with Gasteiger partial charge in [-0.2, -0.15) is 0 Å². The van der Waals surface area contributed by atoms with E-state index in [-0.39, 0.29) is 29.6 Å². The summed E-state index contributed by atoms with van der Waals surface area (Å²) in [5, 5.41) is 0. The van der Waals surface area contributed by atoms with Gasteiger partial charge in [-0.1, -0.05) is 0 Å². The van der Waals surface area contributed by atoms with Crippen LogP contribution in [0.25, 0.3) is 0 Å². The van der Waals surface area contributed by atoms with E-state index in [9.17, 15) is 4.79 Å². The zero-order chi connectivity index (χ0) is 6.41. The Balaban J connectivity index is 0. The molecule has 0 N–H and O–H groups in total. The predicted octanol–water partition coefficient (Wildman–Crippen LogP) is 0.531. The normalized spacial score (nSPS) is 7.33. The molecule has 0 saturated carbocycles. The molecule has 3 nitrogen and oxygen atoms in total. The molecule has 0 unspecified atom stereocenters. The van der Waals surface area contributed by atoms with Crippen molar-refractivity contribution in [3.05, 3.63) is 0 Å². The van der Waals surface area contributed by atoms with E-state index in [2.05, 4.69) is 9.47 Å². The van der Waals surface area contributed by atoms with Crippen molar-refractivity contribution >= 4 is 35.7 Å². The van der Waals surface area contributed by atoms with E-state index >= 15 is 0 Å². The molecule has 0 aliphatic rings. The van der Waals surface area contributed by atoms with Crippen LogP contribution in [0.15, 0.2) is 0 Å². The number of rotatable bonds is 2. The molecule has 0 amide bonds. The molecule has 0 bridgehead atoms. The van der Waals surface area contributed by atoms with Crippen LogP contribution in [-0.2, 0) is 9.47 Å². The van der Waals surface area contributed by atoms with Gasteiger partial charge >= 0.3 is 35.7 Å². The van der Waals surface area contributed by atoms with E-state index in [1.54, 1.807) is 13.8 Å². The Morgan fingerprint density at radius 1 is 1.22 bits per heavy atom. The van der Waals surface area contributed by atoms with Crippen LogP contribution in [0, 0.1) is 0 Å². The topological polar surface area (TPSA) is 35.5 Å². The summed E-state index contributed by atoms with van der Waals surface area (Å²) in [4.78, 5) is 10.2. The first-order valence-electron chi connectivity index (χ1n) is 2.60. The van der Waals surface area contributed by atoms with Crippen LogP contribution >= 0.6 is 0 Å². The minimum atomic E-state index is -0.588. The van der Waals surface area contributed by atoms with Crippen molar-refractivity contribution in [2.45, 2.75) is 13.8 Å². The standard InChI is InChI=1S/C5H10O3.Na.H/c1-3-7-5(6)8-4-2;;/h3-4H2,1-2H3;;. The molecule has 0 heterocycles. The molecule has 0 fully saturated rings. The summed E-state index contributed by atoms with van der Waals surface area (Å²) in [5.74, 6) is 0. The van der Waals surface area contributed by atoms with Crippen LogP contribution < -0.4 is 0 Å². The van der Waals surface area contributed by atoms with E-state index in [4.69, 9.17) is 0 Å². The summed E-state index contributed by atoms with van der Waals surface area (Å²) in [6.07, 6.45) is -0.588. The molecule has 0 radical (unpaired) electrons. The van der Waals surface area contributed by atoms with Crippen molar-refractivity contribution in [1.29, 1.82) is 0 Å². The van der Waals surface area contributed by atoms with Gasteiger partial charge in [0.1, 0.15) is 0 Å². The first kappa shape index (κ1) is 12.0. The Hall–Kier alpha value is 0.270. The van der Waals surface area contributed by atoms with E-state index in [1.165, 1.54) is 0 Å². The molecule has 0 spiro atoms. The molecule has 0 rings (SSSR count). The zero-order valence-corrected chi connectivity index (χ0v) is 5.14. The Labute approximate surface area is 77.0 Å². The molecule has 0 aromatic rings. The third-order valence-corrected chi connectivity index (χ3v) is 0.524. The minimum absolute atomic E-state index is 0. The van der Waals surface area contributed by atoms with Crippen molar-refractivity contribution in [3.63, 3.8) is 0 Å². The molecule has 9 heavy (non-hydrogen) atoms. The number of carbonyl (C=O) groups is 1. The summed E-state index contributed by atoms with van der Waals surface area (Å²) in [6, 6.07) is 0. The van der Waals surface area contributed by atoms with Crippen molar-refractivity contribution in [2.24, 2.45) is 0 Å². The van der Waals surface area contributed by atoms with E-state index in [0.717, 1.165) is 0 Å². The van der Waals surface area contributed by atoms with Crippen molar-refractivity contribution in [1.82, 2.24) is 0 Å². The summed E-state index contributed by atoms with van der Waals surface area (Å²) < 4.78 is 8.84. The van der Waals surface area contributed by atoms with Gasteiger partial charge in [0, 0.05) is 0 Å². The molecule has 0 atom stereocenters. The van der Waals surface area contributed by atoms with Gasteiger partial charge in [0.2, 0.25) is 0 Å². The van der Waals surface area contributed by atoms with Crippen LogP contribution in [0.5, 0.6) is 0 Å². The summed E-state index contributed by atoms with van der Waals surface area (Å²) in [5.41, 5.74) is 0. The number of ether oxygens (including phenoxy) is 2. The molecule has 4 heteroatoms. The van der Waals surface area contributed by atoms with Crippen LogP contribution in [0.1, 0.15) is 13.8 Å². The Morgan fingerprint density at radius 3 is 1.78 bits per heavy atom. The third kappa shape index (κ3) is 8.27. The van der Waals surface area contributed by atoms with Gasteiger partial charge < -0.3 is 9.47 Å².